The van der Waals surface area contributed by atoms with Crippen LogP contribution in [-0.2, 0) is 64.0 Å². The summed E-state index contributed by atoms with van der Waals surface area (Å²) in [5, 5.41) is 53.2. The highest BCUT2D eigenvalue weighted by Crippen LogP contribution is 2.34. The van der Waals surface area contributed by atoms with Crippen molar-refractivity contribution in [3.05, 3.63) is 23.8 Å². The molecule has 29 nitrogen and oxygen atoms in total. The van der Waals surface area contributed by atoms with Crippen LogP contribution in [0.2, 0.25) is 0 Å². The minimum atomic E-state index is -1.78. The number of H-pyrrole nitrogens is 1. The molecule has 2 aromatic rings. The Hall–Kier alpha value is -7.57. The topological polar surface area (TPSA) is 429 Å². The minimum absolute atomic E-state index is 0.0278. The number of ether oxygens (including phenoxy) is 1. The number of aliphatic hydroxyl groups is 3. The number of aliphatic hydroxyl groups excluding tert-OH is 3. The Morgan fingerprint density at radius 2 is 1.51 bits per heavy atom. The number of imide groups is 1. The van der Waals surface area contributed by atoms with Crippen LogP contribution in [0.5, 0.6) is 5.75 Å². The Morgan fingerprint density at radius 3 is 2.20 bits per heavy atom. The largest absolute Gasteiger partial charge is 0.494 e. The van der Waals surface area contributed by atoms with E-state index in [1.807, 2.05) is 0 Å². The molecular formula is C50H70N12O17S. The number of amides is 12. The highest BCUT2D eigenvalue weighted by atomic mass is 32.2. The van der Waals surface area contributed by atoms with Crippen molar-refractivity contribution in [1.29, 1.82) is 0 Å². The summed E-state index contributed by atoms with van der Waals surface area (Å²) in [5.41, 5.74) is 6.36. The van der Waals surface area contributed by atoms with Gasteiger partial charge in [0.15, 0.2) is 0 Å². The van der Waals surface area contributed by atoms with E-state index in [2.05, 4.69) is 47.5 Å². The van der Waals surface area contributed by atoms with Crippen LogP contribution in [-0.4, -0.2) is 195 Å². The second-order valence-electron chi connectivity index (χ2n) is 20.1. The van der Waals surface area contributed by atoms with Crippen molar-refractivity contribution in [2.75, 3.05) is 45.1 Å². The molecule has 0 spiro atoms. The number of nitrogens with one attached hydrogen (secondary N) is 9. The number of hydroxylamine groups is 2. The first-order valence-corrected chi connectivity index (χ1v) is 27.4. The zero-order valence-corrected chi connectivity index (χ0v) is 45.3. The van der Waals surface area contributed by atoms with E-state index in [4.69, 9.17) is 15.3 Å². The molecule has 1 aromatic carbocycles. The lowest BCUT2D eigenvalue weighted by Gasteiger charge is -2.32. The molecule has 5 heterocycles. The predicted octanol–water partition coefficient (Wildman–Crippen LogP) is -3.91. The van der Waals surface area contributed by atoms with Gasteiger partial charge in [-0.2, -0.15) is 0 Å². The number of nitrogens with two attached hydrogens (primary N) is 1. The van der Waals surface area contributed by atoms with Gasteiger partial charge in [0.25, 0.3) is 11.8 Å². The number of unbranched alkanes of at least 4 members (excludes halogenated alkanes) is 3. The maximum absolute atomic E-state index is 14.7. The maximum atomic E-state index is 14.7. The van der Waals surface area contributed by atoms with Crippen molar-refractivity contribution < 1.29 is 82.4 Å². The molecule has 438 valence electrons. The Balaban J connectivity index is 1.35. The average Bonchev–Trinajstić information content (AvgIpc) is 4.09. The van der Waals surface area contributed by atoms with Crippen molar-refractivity contribution in [2.24, 2.45) is 17.6 Å². The van der Waals surface area contributed by atoms with Gasteiger partial charge in [0.05, 0.1) is 55.5 Å². The first-order valence-electron chi connectivity index (χ1n) is 26.4. The number of nitrogens with zero attached hydrogens (tertiary/aromatic N) is 2. The van der Waals surface area contributed by atoms with Gasteiger partial charge in [0.2, 0.25) is 53.2 Å². The highest BCUT2D eigenvalue weighted by Gasteiger charge is 2.45. The van der Waals surface area contributed by atoms with Crippen LogP contribution in [0.3, 0.4) is 0 Å². The fourth-order valence-electron chi connectivity index (χ4n) is 9.38. The first-order chi connectivity index (χ1) is 38.1. The fraction of sp³-hybridized carbons (Fsp3) is 0.600. The highest BCUT2D eigenvalue weighted by molar-refractivity contribution is 7.99. The van der Waals surface area contributed by atoms with Gasteiger partial charge in [0, 0.05) is 61.9 Å². The number of rotatable bonds is 16. The summed E-state index contributed by atoms with van der Waals surface area (Å²) in [5.74, 6) is -11.5. The summed E-state index contributed by atoms with van der Waals surface area (Å²) in [6.45, 7) is 2.46. The molecule has 12 amide bonds. The second-order valence-corrected chi connectivity index (χ2v) is 21.1. The summed E-state index contributed by atoms with van der Waals surface area (Å²) in [6, 6.07) is -4.48. The van der Waals surface area contributed by atoms with Crippen molar-refractivity contribution in [2.45, 2.75) is 138 Å². The molecule has 4 aliphatic heterocycles. The zero-order chi connectivity index (χ0) is 58.4. The van der Waals surface area contributed by atoms with Gasteiger partial charge in [0.1, 0.15) is 42.0 Å². The molecular weight excluding hydrogens is 1070 g/mol. The third-order valence-corrected chi connectivity index (χ3v) is 15.3. The average molecular weight is 1140 g/mol. The number of benzene rings is 1. The summed E-state index contributed by atoms with van der Waals surface area (Å²) < 4.78 is 6.08. The summed E-state index contributed by atoms with van der Waals surface area (Å²) in [7, 11) is 0. The van der Waals surface area contributed by atoms with Crippen molar-refractivity contribution in [3.63, 3.8) is 0 Å². The molecule has 80 heavy (non-hydrogen) atoms. The van der Waals surface area contributed by atoms with Gasteiger partial charge in [-0.3, -0.25) is 52.7 Å². The Morgan fingerprint density at radius 1 is 0.825 bits per heavy atom. The number of carbonyl (C=O) groups excluding carboxylic acids is 12. The van der Waals surface area contributed by atoms with Gasteiger partial charge in [-0.25, -0.2) is 4.79 Å². The van der Waals surface area contributed by atoms with Crippen LogP contribution in [0.4, 0.5) is 4.79 Å². The van der Waals surface area contributed by atoms with Crippen LogP contribution in [0.1, 0.15) is 84.1 Å². The number of carbonyl (C=O) groups is 12. The van der Waals surface area contributed by atoms with Crippen LogP contribution in [0.25, 0.3) is 10.9 Å². The SMILES string of the molecule is CC[C@H](C)[C@@H]1NC(=O)CNC(=O)C2Cc3c([nH]c4cc(OCCCCCCNC(=O)ON5C(=O)CCC5=O)ccc34)SCC(NC(=O)CNC1=O)C(=O)NC(CC(N)=O)C(=O)N1CC(O)CC1C(=O)NC([C@@H](C)[C@@H](O)CO)C(=O)N2. The van der Waals surface area contributed by atoms with E-state index in [-0.39, 0.29) is 43.2 Å². The summed E-state index contributed by atoms with van der Waals surface area (Å²) >= 11 is 0.964. The third kappa shape index (κ3) is 16.3. The molecule has 2 bridgehead atoms. The van der Waals surface area contributed by atoms with Gasteiger partial charge >= 0.3 is 6.09 Å². The quantitative estimate of drug-likeness (QED) is 0.0564. The smallest absolute Gasteiger partial charge is 0.432 e. The lowest BCUT2D eigenvalue weighted by molar-refractivity contribution is -0.171. The Bertz CT molecular complexity index is 2670. The molecule has 0 aliphatic carbocycles. The van der Waals surface area contributed by atoms with E-state index < -0.39 is 170 Å². The number of aromatic nitrogens is 1. The fourth-order valence-corrected chi connectivity index (χ4v) is 10.5. The molecule has 0 radical (unpaired) electrons. The molecule has 6 rings (SSSR count). The second kappa shape index (κ2) is 28.5. The predicted molar refractivity (Wildman–Crippen MR) is 280 cm³/mol. The van der Waals surface area contributed by atoms with Gasteiger partial charge < -0.3 is 83.0 Å². The number of primary amides is 1. The normalized spacial score (nSPS) is 25.1. The molecule has 2 fully saturated rings. The van der Waals surface area contributed by atoms with E-state index in [1.54, 1.807) is 32.0 Å². The van der Waals surface area contributed by atoms with E-state index >= 15 is 0 Å². The summed E-state index contributed by atoms with van der Waals surface area (Å²) in [4.78, 5) is 170. The lowest BCUT2D eigenvalue weighted by Crippen LogP contribution is -2.62. The molecule has 10 atom stereocenters. The Kier molecular flexibility index (Phi) is 22.0. The first kappa shape index (κ1) is 61.6. The van der Waals surface area contributed by atoms with Gasteiger partial charge in [-0.05, 0) is 36.5 Å². The molecule has 6 unspecified atom stereocenters. The molecule has 30 heteroatoms. The van der Waals surface area contributed by atoms with Crippen LogP contribution in [0, 0.1) is 11.8 Å². The van der Waals surface area contributed by atoms with Crippen LogP contribution >= 0.6 is 11.8 Å². The number of hydrogen-bond acceptors (Lipinski definition) is 18. The number of aromatic amines is 1. The van der Waals surface area contributed by atoms with E-state index in [0.29, 0.717) is 59.4 Å². The monoisotopic (exact) mass is 1140 g/mol. The van der Waals surface area contributed by atoms with Crippen molar-refractivity contribution >= 4 is 93.7 Å². The lowest BCUT2D eigenvalue weighted by atomic mass is 9.93. The zero-order valence-electron chi connectivity index (χ0n) is 44.5. The van der Waals surface area contributed by atoms with Crippen LogP contribution < -0.4 is 53.0 Å². The molecule has 1 aromatic heterocycles. The molecule has 0 saturated carbocycles. The molecule has 14 N–H and O–H groups in total. The molecule has 2 saturated heterocycles. The third-order valence-electron chi connectivity index (χ3n) is 14.2. The van der Waals surface area contributed by atoms with E-state index in [9.17, 15) is 72.9 Å². The van der Waals surface area contributed by atoms with Crippen molar-refractivity contribution in [1.82, 2.24) is 57.5 Å². The number of fused-ring (bicyclic) bond motifs is 5. The Labute approximate surface area is 463 Å². The van der Waals surface area contributed by atoms with Gasteiger partial charge in [-0.1, -0.05) is 40.0 Å². The molecule has 4 aliphatic rings. The minimum Gasteiger partial charge on any atom is -0.494 e. The van der Waals surface area contributed by atoms with Crippen LogP contribution in [0.15, 0.2) is 23.2 Å². The number of thioether (sulfide) groups is 1. The maximum Gasteiger partial charge on any atom is 0.432 e. The van der Waals surface area contributed by atoms with Crippen molar-refractivity contribution in [3.8, 4) is 5.75 Å². The van der Waals surface area contributed by atoms with Gasteiger partial charge in [-0.15, -0.1) is 16.8 Å². The van der Waals surface area contributed by atoms with E-state index in [0.717, 1.165) is 16.7 Å². The summed E-state index contributed by atoms with van der Waals surface area (Å²) in [6.07, 6.45) is -2.63. The standard InChI is InChI=1S/C50H70N12O17S/c1-4-24(2)41-46(74)54-19-37(67)55-33-23-80-48-29(28-10-9-27(16-30(28)58-48)78-14-8-6-5-7-13-52-50(77)79-62-39(69)11-12-40(62)70)17-31(43(71)53-20-38(68)59-41)56-47(75)42(25(3)35(65)22-63)60-45(73)34-15-26(64)21-61(34)49(76)32(18-36(51)66)57-44(33)72/h9-10,16,24-26,31-35,41-42,58,63-65H,4-8,11-15,17-23H2,1-3H3,(H2,51,66)(H,52,77)(H,53,71)(H,54,74)(H,55,67)(H,56,75)(H,57,72)(H,59,68)(H,60,73)/t24-,25-,26?,31?,32?,33?,34?,35-,41-,42?/m0/s1. The number of hydrogen-bond donors (Lipinski definition) is 13. The van der Waals surface area contributed by atoms with E-state index in [1.165, 1.54) is 6.92 Å².